The molecule has 134 valence electrons. The van der Waals surface area contributed by atoms with Crippen molar-refractivity contribution in [3.8, 4) is 17.0 Å². The highest BCUT2D eigenvalue weighted by molar-refractivity contribution is 9.11. The minimum absolute atomic E-state index is 0.102. The van der Waals surface area contributed by atoms with Crippen LogP contribution in [0.15, 0.2) is 51.4 Å². The van der Waals surface area contributed by atoms with Crippen LogP contribution in [0.3, 0.4) is 0 Å². The maximum Gasteiger partial charge on any atom is 0.264 e. The zero-order valence-electron chi connectivity index (χ0n) is 13.6. The van der Waals surface area contributed by atoms with Crippen LogP contribution in [-0.4, -0.2) is 17.5 Å². The molecule has 0 aliphatic carbocycles. The fourth-order valence-corrected chi connectivity index (χ4v) is 4.36. The van der Waals surface area contributed by atoms with E-state index in [9.17, 15) is 4.79 Å². The minimum atomic E-state index is -0.267. The minimum Gasteiger partial charge on any atom is -0.483 e. The summed E-state index contributed by atoms with van der Waals surface area (Å²) in [5.41, 5.74) is 1.79. The number of nitrogens with one attached hydrogen (secondary N) is 1. The Morgan fingerprint density at radius 1 is 1.23 bits per heavy atom. The quantitative estimate of drug-likeness (QED) is 0.432. The van der Waals surface area contributed by atoms with Crippen molar-refractivity contribution < 1.29 is 9.53 Å². The zero-order chi connectivity index (χ0) is 18.7. The first-order valence-corrected chi connectivity index (χ1v) is 10.3. The third kappa shape index (κ3) is 4.85. The number of rotatable bonds is 5. The molecule has 0 saturated carbocycles. The molecule has 1 amide bonds. The number of amides is 1. The molecule has 0 unspecified atom stereocenters. The van der Waals surface area contributed by atoms with Gasteiger partial charge in [0.1, 0.15) is 5.75 Å². The predicted molar refractivity (Wildman–Crippen MR) is 113 cm³/mol. The maximum absolute atomic E-state index is 12.2. The molecule has 3 aromatic rings. The second kappa shape index (κ2) is 8.52. The van der Waals surface area contributed by atoms with Crippen LogP contribution in [0.1, 0.15) is 4.88 Å². The second-order valence-corrected chi connectivity index (χ2v) is 8.75. The van der Waals surface area contributed by atoms with E-state index >= 15 is 0 Å². The number of thiazole rings is 1. The predicted octanol–water partition coefficient (Wildman–Crippen LogP) is 6.31. The molecule has 1 aromatic heterocycles. The standard InChI is InChI=1S/C18H13Br2ClN2O2S/c1-10-17(11-2-5-13(21)6-3-11)23-18(26-10)22-16(24)9-25-15-7-4-12(19)8-14(15)20/h2-8H,9H2,1H3,(H,22,23,24). The first-order chi connectivity index (χ1) is 12.4. The molecule has 0 fully saturated rings. The van der Waals surface area contributed by atoms with Gasteiger partial charge in [-0.15, -0.1) is 11.3 Å². The van der Waals surface area contributed by atoms with Gasteiger partial charge in [0.2, 0.25) is 0 Å². The van der Waals surface area contributed by atoms with Gasteiger partial charge in [-0.2, -0.15) is 0 Å². The van der Waals surface area contributed by atoms with E-state index in [0.29, 0.717) is 15.9 Å². The molecule has 0 bridgehead atoms. The maximum atomic E-state index is 12.2. The molecule has 2 aromatic carbocycles. The zero-order valence-corrected chi connectivity index (χ0v) is 18.3. The summed E-state index contributed by atoms with van der Waals surface area (Å²) in [6, 6.07) is 12.9. The third-order valence-electron chi connectivity index (χ3n) is 3.41. The van der Waals surface area contributed by atoms with E-state index in [1.165, 1.54) is 11.3 Å². The Labute approximate surface area is 176 Å². The Balaban J connectivity index is 1.64. The Morgan fingerprint density at radius 3 is 2.65 bits per heavy atom. The van der Waals surface area contributed by atoms with Crippen molar-refractivity contribution in [1.29, 1.82) is 0 Å². The molecule has 1 N–H and O–H groups in total. The summed E-state index contributed by atoms with van der Waals surface area (Å²) in [6.45, 7) is 1.86. The van der Waals surface area contributed by atoms with Crippen molar-refractivity contribution in [3.63, 3.8) is 0 Å². The van der Waals surface area contributed by atoms with Gasteiger partial charge in [-0.3, -0.25) is 10.1 Å². The van der Waals surface area contributed by atoms with Gasteiger partial charge in [0, 0.05) is 19.9 Å². The van der Waals surface area contributed by atoms with Gasteiger partial charge < -0.3 is 4.74 Å². The van der Waals surface area contributed by atoms with Crippen molar-refractivity contribution in [2.75, 3.05) is 11.9 Å². The topological polar surface area (TPSA) is 51.2 Å². The number of aromatic nitrogens is 1. The number of hydrogen-bond acceptors (Lipinski definition) is 4. The van der Waals surface area contributed by atoms with Crippen LogP contribution in [-0.2, 0) is 4.79 Å². The Hall–Kier alpha value is -1.41. The van der Waals surface area contributed by atoms with Gasteiger partial charge in [-0.25, -0.2) is 4.98 Å². The summed E-state index contributed by atoms with van der Waals surface area (Å²) >= 11 is 14.1. The number of ether oxygens (including phenoxy) is 1. The van der Waals surface area contributed by atoms with E-state index in [1.807, 2.05) is 43.3 Å². The fourth-order valence-electron chi connectivity index (χ4n) is 2.22. The largest absolute Gasteiger partial charge is 0.483 e. The van der Waals surface area contributed by atoms with Crippen molar-refractivity contribution in [2.24, 2.45) is 0 Å². The summed E-state index contributed by atoms with van der Waals surface area (Å²) in [7, 11) is 0. The van der Waals surface area contributed by atoms with Crippen molar-refractivity contribution in [2.45, 2.75) is 6.92 Å². The molecule has 26 heavy (non-hydrogen) atoms. The van der Waals surface area contributed by atoms with E-state index in [0.717, 1.165) is 25.1 Å². The van der Waals surface area contributed by atoms with Crippen molar-refractivity contribution in [3.05, 3.63) is 61.3 Å². The smallest absolute Gasteiger partial charge is 0.264 e. The lowest BCUT2D eigenvalue weighted by Crippen LogP contribution is -2.20. The van der Waals surface area contributed by atoms with Crippen LogP contribution >= 0.6 is 54.8 Å². The number of aryl methyl sites for hydroxylation is 1. The van der Waals surface area contributed by atoms with Crippen LogP contribution in [0.4, 0.5) is 5.13 Å². The van der Waals surface area contributed by atoms with Gasteiger partial charge in [0.05, 0.1) is 10.2 Å². The Bertz CT molecular complexity index is 945. The van der Waals surface area contributed by atoms with Gasteiger partial charge in [0.25, 0.3) is 5.91 Å². The molecule has 3 rings (SSSR count). The first kappa shape index (κ1) is 19.4. The number of hydrogen-bond donors (Lipinski definition) is 1. The second-order valence-electron chi connectivity index (χ2n) is 5.34. The monoisotopic (exact) mass is 514 g/mol. The van der Waals surface area contributed by atoms with Crippen LogP contribution in [0.5, 0.6) is 5.75 Å². The van der Waals surface area contributed by atoms with E-state index in [1.54, 1.807) is 6.07 Å². The number of nitrogens with zero attached hydrogens (tertiary/aromatic N) is 1. The average molecular weight is 517 g/mol. The van der Waals surface area contributed by atoms with Gasteiger partial charge in [-0.05, 0) is 53.2 Å². The van der Waals surface area contributed by atoms with E-state index in [4.69, 9.17) is 16.3 Å². The summed E-state index contributed by atoms with van der Waals surface area (Å²) < 4.78 is 7.24. The van der Waals surface area contributed by atoms with Crippen LogP contribution in [0.25, 0.3) is 11.3 Å². The molecule has 0 radical (unpaired) electrons. The molecular weight excluding hydrogens is 504 g/mol. The number of carbonyl (C=O) groups is 1. The van der Waals surface area contributed by atoms with Gasteiger partial charge in [-0.1, -0.05) is 39.7 Å². The Morgan fingerprint density at radius 2 is 1.96 bits per heavy atom. The number of carbonyl (C=O) groups excluding carboxylic acids is 1. The lowest BCUT2D eigenvalue weighted by molar-refractivity contribution is -0.118. The van der Waals surface area contributed by atoms with Crippen LogP contribution in [0, 0.1) is 6.92 Å². The number of benzene rings is 2. The van der Waals surface area contributed by atoms with Gasteiger partial charge in [0.15, 0.2) is 11.7 Å². The highest BCUT2D eigenvalue weighted by Gasteiger charge is 2.13. The molecule has 0 spiro atoms. The summed E-state index contributed by atoms with van der Waals surface area (Å²) in [4.78, 5) is 17.7. The molecule has 0 atom stereocenters. The average Bonchev–Trinajstić information content (AvgIpc) is 2.95. The normalized spacial score (nSPS) is 10.6. The lowest BCUT2D eigenvalue weighted by atomic mass is 10.1. The molecule has 0 aliphatic heterocycles. The molecule has 0 aliphatic rings. The summed E-state index contributed by atoms with van der Waals surface area (Å²) in [5.74, 6) is 0.330. The third-order valence-corrected chi connectivity index (χ3v) is 5.66. The fraction of sp³-hybridized carbons (Fsp3) is 0.111. The van der Waals surface area contributed by atoms with Crippen LogP contribution < -0.4 is 10.1 Å². The summed E-state index contributed by atoms with van der Waals surface area (Å²) in [6.07, 6.45) is 0. The SMILES string of the molecule is Cc1sc(NC(=O)COc2ccc(Br)cc2Br)nc1-c1ccc(Cl)cc1. The number of anilines is 1. The molecule has 0 saturated heterocycles. The highest BCUT2D eigenvalue weighted by atomic mass is 79.9. The lowest BCUT2D eigenvalue weighted by Gasteiger charge is -2.08. The first-order valence-electron chi connectivity index (χ1n) is 7.53. The molecule has 4 nitrogen and oxygen atoms in total. The van der Waals surface area contributed by atoms with Gasteiger partial charge >= 0.3 is 0 Å². The number of halogens is 3. The van der Waals surface area contributed by atoms with Crippen molar-refractivity contribution in [1.82, 2.24) is 4.98 Å². The molecular formula is C18H13Br2ClN2O2S. The highest BCUT2D eigenvalue weighted by Crippen LogP contribution is 2.31. The van der Waals surface area contributed by atoms with E-state index in [2.05, 4.69) is 42.2 Å². The van der Waals surface area contributed by atoms with E-state index < -0.39 is 0 Å². The van der Waals surface area contributed by atoms with Crippen LogP contribution in [0.2, 0.25) is 5.02 Å². The van der Waals surface area contributed by atoms with E-state index in [-0.39, 0.29) is 12.5 Å². The summed E-state index contributed by atoms with van der Waals surface area (Å²) in [5, 5.41) is 3.99. The molecule has 8 heteroatoms. The van der Waals surface area contributed by atoms with Crippen molar-refractivity contribution >= 4 is 65.8 Å². The Kier molecular flexibility index (Phi) is 6.34. The molecule has 1 heterocycles.